The van der Waals surface area contributed by atoms with Gasteiger partial charge < -0.3 is 10.2 Å². The SMILES string of the molecule is Cc1ccc(C2CC(C)CCN2Cc2ccc(C(N)=O)cc2)o1. The van der Waals surface area contributed by atoms with Gasteiger partial charge in [-0.2, -0.15) is 0 Å². The van der Waals surface area contributed by atoms with Gasteiger partial charge in [0.05, 0.1) is 6.04 Å². The van der Waals surface area contributed by atoms with Crippen LogP contribution < -0.4 is 5.73 Å². The van der Waals surface area contributed by atoms with Crippen molar-refractivity contribution in [2.45, 2.75) is 39.3 Å². The fraction of sp³-hybridized carbons (Fsp3) is 0.421. The molecule has 4 nitrogen and oxygen atoms in total. The van der Waals surface area contributed by atoms with E-state index < -0.39 is 0 Å². The molecule has 1 saturated heterocycles. The summed E-state index contributed by atoms with van der Waals surface area (Å²) in [5.74, 6) is 2.35. The van der Waals surface area contributed by atoms with E-state index in [1.54, 1.807) is 12.1 Å². The highest BCUT2D eigenvalue weighted by Crippen LogP contribution is 2.35. The van der Waals surface area contributed by atoms with E-state index in [9.17, 15) is 4.79 Å². The zero-order chi connectivity index (χ0) is 16.4. The van der Waals surface area contributed by atoms with Crippen LogP contribution in [0.5, 0.6) is 0 Å². The van der Waals surface area contributed by atoms with Crippen molar-refractivity contribution >= 4 is 5.91 Å². The summed E-state index contributed by atoms with van der Waals surface area (Å²) >= 11 is 0. The number of nitrogens with zero attached hydrogens (tertiary/aromatic N) is 1. The van der Waals surface area contributed by atoms with Gasteiger partial charge in [0.2, 0.25) is 5.91 Å². The summed E-state index contributed by atoms with van der Waals surface area (Å²) in [6.45, 7) is 6.21. The molecule has 1 fully saturated rings. The van der Waals surface area contributed by atoms with Gasteiger partial charge in [-0.15, -0.1) is 0 Å². The van der Waals surface area contributed by atoms with Crippen LogP contribution in [0.25, 0.3) is 0 Å². The Kier molecular flexibility index (Phi) is 4.53. The molecule has 0 spiro atoms. The normalized spacial score (nSPS) is 22.2. The summed E-state index contributed by atoms with van der Waals surface area (Å²) in [7, 11) is 0. The zero-order valence-corrected chi connectivity index (χ0v) is 13.8. The van der Waals surface area contributed by atoms with Gasteiger partial charge in [0.15, 0.2) is 0 Å². The third-order valence-corrected chi connectivity index (χ3v) is 4.69. The number of furan rings is 1. The minimum atomic E-state index is -0.382. The molecule has 0 radical (unpaired) electrons. The molecule has 1 aliphatic heterocycles. The summed E-state index contributed by atoms with van der Waals surface area (Å²) in [5, 5.41) is 0. The number of carbonyl (C=O) groups is 1. The minimum absolute atomic E-state index is 0.322. The molecule has 4 heteroatoms. The number of primary amides is 1. The molecule has 122 valence electrons. The monoisotopic (exact) mass is 312 g/mol. The number of hydrogen-bond donors (Lipinski definition) is 1. The van der Waals surface area contributed by atoms with Crippen molar-refractivity contribution in [1.82, 2.24) is 4.90 Å². The van der Waals surface area contributed by atoms with Crippen LogP contribution in [-0.2, 0) is 6.54 Å². The van der Waals surface area contributed by atoms with Crippen LogP contribution in [0.1, 0.15) is 53.2 Å². The van der Waals surface area contributed by atoms with E-state index in [-0.39, 0.29) is 5.91 Å². The summed E-state index contributed by atoms with van der Waals surface area (Å²) in [6, 6.07) is 12.0. The summed E-state index contributed by atoms with van der Waals surface area (Å²) in [5.41, 5.74) is 7.05. The average molecular weight is 312 g/mol. The molecule has 2 aromatic rings. The van der Waals surface area contributed by atoms with E-state index in [4.69, 9.17) is 10.2 Å². The Hall–Kier alpha value is -2.07. The van der Waals surface area contributed by atoms with Crippen LogP contribution in [0, 0.1) is 12.8 Å². The van der Waals surface area contributed by atoms with Crippen molar-refractivity contribution in [2.75, 3.05) is 6.54 Å². The molecule has 2 heterocycles. The number of benzene rings is 1. The van der Waals surface area contributed by atoms with E-state index in [1.807, 2.05) is 25.1 Å². The van der Waals surface area contributed by atoms with E-state index in [0.717, 1.165) is 31.0 Å². The fourth-order valence-corrected chi connectivity index (χ4v) is 3.32. The molecule has 1 aliphatic rings. The van der Waals surface area contributed by atoms with Crippen molar-refractivity contribution in [3.63, 3.8) is 0 Å². The Balaban J connectivity index is 1.77. The molecule has 0 bridgehead atoms. The van der Waals surface area contributed by atoms with E-state index in [0.29, 0.717) is 17.5 Å². The maximum absolute atomic E-state index is 11.2. The van der Waals surface area contributed by atoms with Crippen molar-refractivity contribution < 1.29 is 9.21 Å². The maximum atomic E-state index is 11.2. The summed E-state index contributed by atoms with van der Waals surface area (Å²) in [6.07, 6.45) is 2.32. The molecule has 2 unspecified atom stereocenters. The number of carbonyl (C=O) groups excluding carboxylic acids is 1. The van der Waals surface area contributed by atoms with E-state index in [2.05, 4.69) is 17.9 Å². The Morgan fingerprint density at radius 3 is 2.61 bits per heavy atom. The van der Waals surface area contributed by atoms with E-state index >= 15 is 0 Å². The van der Waals surface area contributed by atoms with Gasteiger partial charge in [0, 0.05) is 12.1 Å². The molecular formula is C19H24N2O2. The van der Waals surface area contributed by atoms with Crippen molar-refractivity contribution in [3.05, 3.63) is 59.0 Å². The molecule has 0 aliphatic carbocycles. The molecule has 23 heavy (non-hydrogen) atoms. The minimum Gasteiger partial charge on any atom is -0.465 e. The summed E-state index contributed by atoms with van der Waals surface area (Å²) < 4.78 is 5.89. The number of hydrogen-bond acceptors (Lipinski definition) is 3. The smallest absolute Gasteiger partial charge is 0.248 e. The number of piperidine rings is 1. The second-order valence-electron chi connectivity index (χ2n) is 6.63. The third kappa shape index (κ3) is 3.64. The van der Waals surface area contributed by atoms with Gasteiger partial charge in [0.1, 0.15) is 11.5 Å². The number of nitrogens with two attached hydrogens (primary N) is 1. The first-order chi connectivity index (χ1) is 11.0. The Bertz CT molecular complexity index is 675. The lowest BCUT2D eigenvalue weighted by Crippen LogP contribution is -2.35. The van der Waals surface area contributed by atoms with Crippen molar-refractivity contribution in [3.8, 4) is 0 Å². The number of rotatable bonds is 4. The van der Waals surface area contributed by atoms with Crippen LogP contribution >= 0.6 is 0 Å². The standard InChI is InChI=1S/C19H24N2O2/c1-13-9-10-21(17(11-13)18-8-3-14(2)23-18)12-15-4-6-16(7-5-15)19(20)22/h3-8,13,17H,9-12H2,1-2H3,(H2,20,22). The van der Waals surface area contributed by atoms with Crippen LogP contribution in [-0.4, -0.2) is 17.4 Å². The fourth-order valence-electron chi connectivity index (χ4n) is 3.32. The zero-order valence-electron chi connectivity index (χ0n) is 13.8. The van der Waals surface area contributed by atoms with E-state index in [1.165, 1.54) is 12.0 Å². The average Bonchev–Trinajstić information content (AvgIpc) is 2.96. The Morgan fingerprint density at radius 2 is 2.00 bits per heavy atom. The molecule has 2 N–H and O–H groups in total. The van der Waals surface area contributed by atoms with Gasteiger partial charge >= 0.3 is 0 Å². The molecule has 2 atom stereocenters. The quantitative estimate of drug-likeness (QED) is 0.937. The second-order valence-corrected chi connectivity index (χ2v) is 6.63. The highest BCUT2D eigenvalue weighted by atomic mass is 16.3. The first-order valence-electron chi connectivity index (χ1n) is 8.22. The molecule has 1 aromatic carbocycles. The Labute approximate surface area is 137 Å². The number of aryl methyl sites for hydroxylation is 1. The molecular weight excluding hydrogens is 288 g/mol. The van der Waals surface area contributed by atoms with Gasteiger partial charge in [-0.05, 0) is 62.1 Å². The first kappa shape index (κ1) is 15.8. The summed E-state index contributed by atoms with van der Waals surface area (Å²) in [4.78, 5) is 13.6. The molecule has 1 aromatic heterocycles. The topological polar surface area (TPSA) is 59.5 Å². The highest BCUT2D eigenvalue weighted by molar-refractivity contribution is 5.92. The van der Waals surface area contributed by atoms with Crippen LogP contribution in [0.3, 0.4) is 0 Å². The maximum Gasteiger partial charge on any atom is 0.248 e. The molecule has 1 amide bonds. The van der Waals surface area contributed by atoms with Crippen molar-refractivity contribution in [2.24, 2.45) is 11.7 Å². The predicted molar refractivity (Wildman–Crippen MR) is 90.0 cm³/mol. The predicted octanol–water partition coefficient (Wildman–Crippen LogP) is 3.66. The van der Waals surface area contributed by atoms with Gasteiger partial charge in [-0.25, -0.2) is 0 Å². The van der Waals surface area contributed by atoms with Crippen LogP contribution in [0.15, 0.2) is 40.8 Å². The van der Waals surface area contributed by atoms with Crippen LogP contribution in [0.4, 0.5) is 0 Å². The number of amides is 1. The van der Waals surface area contributed by atoms with Gasteiger partial charge in [-0.1, -0.05) is 19.1 Å². The molecule has 0 saturated carbocycles. The van der Waals surface area contributed by atoms with Gasteiger partial charge in [-0.3, -0.25) is 9.69 Å². The van der Waals surface area contributed by atoms with Gasteiger partial charge in [0.25, 0.3) is 0 Å². The second kappa shape index (κ2) is 6.59. The lowest BCUT2D eigenvalue weighted by atomic mass is 9.90. The third-order valence-electron chi connectivity index (χ3n) is 4.69. The lowest BCUT2D eigenvalue weighted by Gasteiger charge is -2.37. The first-order valence-corrected chi connectivity index (χ1v) is 8.22. The van der Waals surface area contributed by atoms with Crippen molar-refractivity contribution in [1.29, 1.82) is 0 Å². The molecule has 3 rings (SSSR count). The number of likely N-dealkylation sites (tertiary alicyclic amines) is 1. The lowest BCUT2D eigenvalue weighted by molar-refractivity contribution is 0.0938. The largest absolute Gasteiger partial charge is 0.465 e. The highest BCUT2D eigenvalue weighted by Gasteiger charge is 2.29. The van der Waals surface area contributed by atoms with Crippen LogP contribution in [0.2, 0.25) is 0 Å². The Morgan fingerprint density at radius 1 is 1.26 bits per heavy atom.